The van der Waals surface area contributed by atoms with Crippen molar-refractivity contribution in [2.45, 2.75) is 13.0 Å². The third-order valence-corrected chi connectivity index (χ3v) is 4.18. The van der Waals surface area contributed by atoms with Crippen molar-refractivity contribution in [2.24, 2.45) is 0 Å². The third-order valence-electron chi connectivity index (χ3n) is 4.18. The van der Waals surface area contributed by atoms with Crippen molar-refractivity contribution in [3.63, 3.8) is 0 Å². The normalized spacial score (nSPS) is 17.6. The number of nitrogens with one attached hydrogen (secondary N) is 1. The minimum atomic E-state index is 0.0170. The van der Waals surface area contributed by atoms with Gasteiger partial charge in [0.15, 0.2) is 0 Å². The van der Waals surface area contributed by atoms with Crippen LogP contribution in [-0.2, 0) is 0 Å². The van der Waals surface area contributed by atoms with Crippen molar-refractivity contribution in [1.29, 1.82) is 0 Å². The molecule has 2 aromatic carbocycles. The van der Waals surface area contributed by atoms with Crippen LogP contribution in [0, 0.1) is 0 Å². The first-order chi connectivity index (χ1) is 10.3. The van der Waals surface area contributed by atoms with E-state index >= 15 is 0 Å². The molecule has 0 fully saturated rings. The SMILES string of the molecule is C[C@@H]1CNC(=O)c2cc3cccc(-c4ccccc4)c3n21. The maximum atomic E-state index is 12.1. The fourth-order valence-corrected chi connectivity index (χ4v) is 3.19. The van der Waals surface area contributed by atoms with Crippen molar-refractivity contribution in [3.8, 4) is 11.1 Å². The van der Waals surface area contributed by atoms with E-state index in [2.05, 4.69) is 47.1 Å². The molecule has 0 bridgehead atoms. The molecule has 3 nitrogen and oxygen atoms in total. The number of carbonyl (C=O) groups excluding carboxylic acids is 1. The lowest BCUT2D eigenvalue weighted by Crippen LogP contribution is -2.37. The molecule has 1 aliphatic heterocycles. The minimum Gasteiger partial charge on any atom is -0.349 e. The number of carbonyl (C=O) groups is 1. The summed E-state index contributed by atoms with van der Waals surface area (Å²) in [6.45, 7) is 2.82. The van der Waals surface area contributed by atoms with Gasteiger partial charge in [-0.15, -0.1) is 0 Å². The predicted octanol–water partition coefficient (Wildman–Crippen LogP) is 3.61. The zero-order valence-corrected chi connectivity index (χ0v) is 11.8. The fourth-order valence-electron chi connectivity index (χ4n) is 3.19. The van der Waals surface area contributed by atoms with Gasteiger partial charge >= 0.3 is 0 Å². The minimum absolute atomic E-state index is 0.0170. The number of nitrogens with zero attached hydrogens (tertiary/aromatic N) is 1. The van der Waals surface area contributed by atoms with Gasteiger partial charge in [-0.05, 0) is 18.6 Å². The fraction of sp³-hybridized carbons (Fsp3) is 0.167. The highest BCUT2D eigenvalue weighted by Gasteiger charge is 2.25. The second-order valence-electron chi connectivity index (χ2n) is 5.57. The van der Waals surface area contributed by atoms with E-state index in [4.69, 9.17) is 0 Å². The van der Waals surface area contributed by atoms with Crippen LogP contribution in [0.5, 0.6) is 0 Å². The molecule has 0 saturated heterocycles. The van der Waals surface area contributed by atoms with Crippen LogP contribution >= 0.6 is 0 Å². The Bertz CT molecular complexity index is 833. The maximum Gasteiger partial charge on any atom is 0.268 e. The Morgan fingerprint density at radius 2 is 1.90 bits per heavy atom. The van der Waals surface area contributed by atoms with E-state index in [0.717, 1.165) is 16.6 Å². The summed E-state index contributed by atoms with van der Waals surface area (Å²) in [4.78, 5) is 12.1. The monoisotopic (exact) mass is 276 g/mol. The molecule has 3 heteroatoms. The van der Waals surface area contributed by atoms with Crippen LogP contribution in [0.4, 0.5) is 0 Å². The van der Waals surface area contributed by atoms with Crippen LogP contribution in [0.3, 0.4) is 0 Å². The molecular weight excluding hydrogens is 260 g/mol. The number of benzene rings is 2. The van der Waals surface area contributed by atoms with E-state index in [-0.39, 0.29) is 11.9 Å². The number of fused-ring (bicyclic) bond motifs is 3. The topological polar surface area (TPSA) is 34.0 Å². The van der Waals surface area contributed by atoms with E-state index in [9.17, 15) is 4.79 Å². The molecule has 104 valence electrons. The first kappa shape index (κ1) is 12.2. The molecule has 0 radical (unpaired) electrons. The largest absolute Gasteiger partial charge is 0.349 e. The lowest BCUT2D eigenvalue weighted by Gasteiger charge is -2.25. The summed E-state index contributed by atoms with van der Waals surface area (Å²) < 4.78 is 2.18. The van der Waals surface area contributed by atoms with E-state index in [1.54, 1.807) is 0 Å². The van der Waals surface area contributed by atoms with Crippen molar-refractivity contribution >= 4 is 16.8 Å². The molecule has 0 saturated carbocycles. The number of para-hydroxylation sites is 1. The zero-order chi connectivity index (χ0) is 14.4. The van der Waals surface area contributed by atoms with Gasteiger partial charge in [0, 0.05) is 23.5 Å². The molecule has 1 atom stereocenters. The van der Waals surface area contributed by atoms with Crippen molar-refractivity contribution < 1.29 is 4.79 Å². The summed E-state index contributed by atoms with van der Waals surface area (Å²) in [5.74, 6) is 0.0170. The average Bonchev–Trinajstić information content (AvgIpc) is 2.92. The molecule has 2 heterocycles. The Labute approximate surface area is 123 Å². The highest BCUT2D eigenvalue weighted by molar-refractivity contribution is 6.03. The van der Waals surface area contributed by atoms with Crippen molar-refractivity contribution in [3.05, 3.63) is 60.3 Å². The van der Waals surface area contributed by atoms with Crippen molar-refractivity contribution in [1.82, 2.24) is 9.88 Å². The van der Waals surface area contributed by atoms with Gasteiger partial charge in [-0.2, -0.15) is 0 Å². The summed E-state index contributed by atoms with van der Waals surface area (Å²) in [5.41, 5.74) is 4.27. The molecule has 1 N–H and O–H groups in total. The molecule has 21 heavy (non-hydrogen) atoms. The van der Waals surface area contributed by atoms with Gasteiger partial charge in [0.2, 0.25) is 0 Å². The Hall–Kier alpha value is -2.55. The van der Waals surface area contributed by atoms with Gasteiger partial charge < -0.3 is 9.88 Å². The highest BCUT2D eigenvalue weighted by Crippen LogP contribution is 2.34. The second-order valence-corrected chi connectivity index (χ2v) is 5.57. The lowest BCUT2D eigenvalue weighted by atomic mass is 10.0. The van der Waals surface area contributed by atoms with Crippen LogP contribution in [0.2, 0.25) is 0 Å². The molecular formula is C18H16N2O. The van der Waals surface area contributed by atoms with Crippen LogP contribution in [0.1, 0.15) is 23.5 Å². The maximum absolute atomic E-state index is 12.1. The summed E-state index contributed by atoms with van der Waals surface area (Å²) in [7, 11) is 0. The number of hydrogen-bond donors (Lipinski definition) is 1. The van der Waals surface area contributed by atoms with Crippen LogP contribution < -0.4 is 5.32 Å². The molecule has 1 amide bonds. The molecule has 0 aliphatic carbocycles. The first-order valence-electron chi connectivity index (χ1n) is 7.23. The Morgan fingerprint density at radius 3 is 2.71 bits per heavy atom. The van der Waals surface area contributed by atoms with Crippen LogP contribution in [-0.4, -0.2) is 17.0 Å². The number of rotatable bonds is 1. The highest BCUT2D eigenvalue weighted by atomic mass is 16.2. The van der Waals surface area contributed by atoms with E-state index in [0.29, 0.717) is 6.54 Å². The lowest BCUT2D eigenvalue weighted by molar-refractivity contribution is 0.0919. The van der Waals surface area contributed by atoms with Gasteiger partial charge in [0.1, 0.15) is 5.69 Å². The van der Waals surface area contributed by atoms with E-state index in [1.807, 2.05) is 24.3 Å². The van der Waals surface area contributed by atoms with Gasteiger partial charge in [0.05, 0.1) is 5.52 Å². The summed E-state index contributed by atoms with van der Waals surface area (Å²) in [5, 5.41) is 4.07. The summed E-state index contributed by atoms with van der Waals surface area (Å²) >= 11 is 0. The van der Waals surface area contributed by atoms with E-state index < -0.39 is 0 Å². The summed E-state index contributed by atoms with van der Waals surface area (Å²) in [6.07, 6.45) is 0. The molecule has 3 aromatic rings. The zero-order valence-electron chi connectivity index (χ0n) is 11.8. The van der Waals surface area contributed by atoms with E-state index in [1.165, 1.54) is 11.1 Å². The van der Waals surface area contributed by atoms with Gasteiger partial charge in [-0.1, -0.05) is 48.5 Å². The number of amides is 1. The summed E-state index contributed by atoms with van der Waals surface area (Å²) in [6, 6.07) is 18.9. The Kier molecular flexibility index (Phi) is 2.61. The van der Waals surface area contributed by atoms with Crippen molar-refractivity contribution in [2.75, 3.05) is 6.54 Å². The molecule has 1 aromatic heterocycles. The predicted molar refractivity (Wildman–Crippen MR) is 84.4 cm³/mol. The smallest absolute Gasteiger partial charge is 0.268 e. The van der Waals surface area contributed by atoms with Gasteiger partial charge in [-0.25, -0.2) is 0 Å². The Balaban J connectivity index is 2.08. The van der Waals surface area contributed by atoms with Crippen LogP contribution in [0.15, 0.2) is 54.6 Å². The quantitative estimate of drug-likeness (QED) is 0.723. The molecule has 1 aliphatic rings. The van der Waals surface area contributed by atoms with Gasteiger partial charge in [-0.3, -0.25) is 4.79 Å². The average molecular weight is 276 g/mol. The van der Waals surface area contributed by atoms with Crippen LogP contribution in [0.25, 0.3) is 22.0 Å². The molecule has 0 unspecified atom stereocenters. The number of hydrogen-bond acceptors (Lipinski definition) is 1. The second kappa shape index (κ2) is 4.48. The first-order valence-corrected chi connectivity index (χ1v) is 7.23. The third kappa shape index (κ3) is 1.77. The van der Waals surface area contributed by atoms with Gasteiger partial charge in [0.25, 0.3) is 5.91 Å². The molecule has 4 rings (SSSR count). The number of aromatic nitrogens is 1. The Morgan fingerprint density at radius 1 is 1.10 bits per heavy atom. The molecule has 0 spiro atoms. The standard InChI is InChI=1S/C18H16N2O/c1-12-11-19-18(21)16-10-14-8-5-9-15(17(14)20(12)16)13-6-3-2-4-7-13/h2-10,12H,11H2,1H3,(H,19,21)/t12-/m1/s1.